The van der Waals surface area contributed by atoms with Gasteiger partial charge < -0.3 is 4.57 Å². The first-order valence-electron chi connectivity index (χ1n) is 6.78. The van der Waals surface area contributed by atoms with Gasteiger partial charge >= 0.3 is 0 Å². The highest BCUT2D eigenvalue weighted by atomic mass is 15.1. The topological polar surface area (TPSA) is 41.6 Å². The number of fused-ring (bicyclic) bond motifs is 1. The number of aryl methyl sites for hydroxylation is 3. The van der Waals surface area contributed by atoms with Gasteiger partial charge in [-0.05, 0) is 32.3 Å². The molecule has 0 N–H and O–H groups in total. The van der Waals surface area contributed by atoms with Gasteiger partial charge in [-0.3, -0.25) is 0 Å². The molecule has 0 saturated carbocycles. The number of benzene rings is 1. The number of rotatable bonds is 1. The second-order valence-electron chi connectivity index (χ2n) is 5.26. The van der Waals surface area contributed by atoms with Crippen LogP contribution in [-0.2, 0) is 13.0 Å². The molecule has 1 aliphatic heterocycles. The molecular weight excluding hydrogens is 234 g/mol. The van der Waals surface area contributed by atoms with E-state index in [1.54, 1.807) is 0 Å². The van der Waals surface area contributed by atoms with Gasteiger partial charge in [0.05, 0.1) is 0 Å². The molecule has 1 aromatic carbocycles. The summed E-state index contributed by atoms with van der Waals surface area (Å²) in [6.07, 6.45) is 3.30. The van der Waals surface area contributed by atoms with Crippen molar-refractivity contribution in [1.29, 1.82) is 5.26 Å². The first kappa shape index (κ1) is 12.0. The van der Waals surface area contributed by atoms with E-state index in [4.69, 9.17) is 4.98 Å². The summed E-state index contributed by atoms with van der Waals surface area (Å²) in [5.74, 6) is 1.07. The predicted octanol–water partition coefficient (Wildman–Crippen LogP) is 3.37. The SMILES string of the molecule is Cc1ccc(-c2nc3n(c2C#N)CCCC3)c(C)c1. The summed E-state index contributed by atoms with van der Waals surface area (Å²) in [7, 11) is 0. The molecule has 19 heavy (non-hydrogen) atoms. The molecule has 1 aromatic heterocycles. The lowest BCUT2D eigenvalue weighted by atomic mass is 10.0. The largest absolute Gasteiger partial charge is 0.319 e. The normalized spacial score (nSPS) is 13.9. The molecule has 96 valence electrons. The minimum atomic E-state index is 0.724. The van der Waals surface area contributed by atoms with Crippen molar-refractivity contribution in [2.45, 2.75) is 39.7 Å². The average Bonchev–Trinajstić information content (AvgIpc) is 2.76. The van der Waals surface area contributed by atoms with Gasteiger partial charge in [-0.15, -0.1) is 0 Å². The molecule has 0 spiro atoms. The van der Waals surface area contributed by atoms with Crippen LogP contribution in [0.5, 0.6) is 0 Å². The monoisotopic (exact) mass is 251 g/mol. The average molecular weight is 251 g/mol. The summed E-state index contributed by atoms with van der Waals surface area (Å²) in [4.78, 5) is 4.72. The second kappa shape index (κ2) is 4.55. The van der Waals surface area contributed by atoms with Crippen molar-refractivity contribution in [3.8, 4) is 17.3 Å². The van der Waals surface area contributed by atoms with Crippen LogP contribution in [0, 0.1) is 25.2 Å². The number of imidazole rings is 1. The number of nitrogens with zero attached hydrogens (tertiary/aromatic N) is 3. The maximum Gasteiger partial charge on any atom is 0.148 e. The third-order valence-electron chi connectivity index (χ3n) is 3.82. The number of hydrogen-bond donors (Lipinski definition) is 0. The Balaban J connectivity index is 2.20. The van der Waals surface area contributed by atoms with Gasteiger partial charge in [-0.1, -0.05) is 23.8 Å². The first-order chi connectivity index (χ1) is 9.20. The molecule has 0 bridgehead atoms. The first-order valence-corrected chi connectivity index (χ1v) is 6.78. The van der Waals surface area contributed by atoms with Crippen LogP contribution in [0.4, 0.5) is 0 Å². The molecule has 2 heterocycles. The molecule has 0 fully saturated rings. The Labute approximate surface area is 113 Å². The third-order valence-corrected chi connectivity index (χ3v) is 3.82. The van der Waals surface area contributed by atoms with Crippen LogP contribution in [0.2, 0.25) is 0 Å². The lowest BCUT2D eigenvalue weighted by Gasteiger charge is -2.13. The van der Waals surface area contributed by atoms with Crippen LogP contribution in [-0.4, -0.2) is 9.55 Å². The molecule has 0 saturated heterocycles. The molecular formula is C16H17N3. The fourth-order valence-corrected chi connectivity index (χ4v) is 2.86. The molecule has 0 amide bonds. The smallest absolute Gasteiger partial charge is 0.148 e. The van der Waals surface area contributed by atoms with E-state index >= 15 is 0 Å². The highest BCUT2D eigenvalue weighted by Gasteiger charge is 2.21. The Morgan fingerprint density at radius 3 is 2.84 bits per heavy atom. The van der Waals surface area contributed by atoms with Gasteiger partial charge in [0.2, 0.25) is 0 Å². The number of aromatic nitrogens is 2. The summed E-state index contributed by atoms with van der Waals surface area (Å²) in [5.41, 5.74) is 5.10. The molecule has 3 heteroatoms. The van der Waals surface area contributed by atoms with Crippen molar-refractivity contribution >= 4 is 0 Å². The minimum absolute atomic E-state index is 0.724. The molecule has 0 aliphatic carbocycles. The summed E-state index contributed by atoms with van der Waals surface area (Å²) < 4.78 is 2.10. The molecule has 3 rings (SSSR count). The van der Waals surface area contributed by atoms with Crippen molar-refractivity contribution in [2.75, 3.05) is 0 Å². The maximum atomic E-state index is 9.46. The van der Waals surface area contributed by atoms with E-state index in [1.165, 1.54) is 17.5 Å². The van der Waals surface area contributed by atoms with E-state index in [2.05, 4.69) is 42.7 Å². The predicted molar refractivity (Wildman–Crippen MR) is 74.8 cm³/mol. The van der Waals surface area contributed by atoms with Crippen LogP contribution >= 0.6 is 0 Å². The van der Waals surface area contributed by atoms with Gasteiger partial charge in [0, 0.05) is 18.5 Å². The van der Waals surface area contributed by atoms with E-state index in [1.807, 2.05) is 0 Å². The van der Waals surface area contributed by atoms with Gasteiger partial charge in [0.15, 0.2) is 0 Å². The molecule has 0 atom stereocenters. The summed E-state index contributed by atoms with van der Waals surface area (Å²) >= 11 is 0. The number of hydrogen-bond acceptors (Lipinski definition) is 2. The molecule has 0 unspecified atom stereocenters. The molecule has 1 aliphatic rings. The van der Waals surface area contributed by atoms with E-state index in [9.17, 15) is 5.26 Å². The van der Waals surface area contributed by atoms with E-state index in [0.717, 1.165) is 42.2 Å². The van der Waals surface area contributed by atoms with Gasteiger partial charge in [-0.2, -0.15) is 5.26 Å². The van der Waals surface area contributed by atoms with Gasteiger partial charge in [0.25, 0.3) is 0 Å². The molecule has 2 aromatic rings. The highest BCUT2D eigenvalue weighted by Crippen LogP contribution is 2.29. The minimum Gasteiger partial charge on any atom is -0.319 e. The van der Waals surface area contributed by atoms with Crippen LogP contribution in [0.1, 0.15) is 35.5 Å². The van der Waals surface area contributed by atoms with Crippen molar-refractivity contribution in [3.05, 3.63) is 40.8 Å². The Bertz CT molecular complexity index is 674. The van der Waals surface area contributed by atoms with Crippen molar-refractivity contribution < 1.29 is 0 Å². The Morgan fingerprint density at radius 1 is 1.26 bits per heavy atom. The van der Waals surface area contributed by atoms with Gasteiger partial charge in [-0.25, -0.2) is 4.98 Å². The zero-order valence-corrected chi connectivity index (χ0v) is 11.4. The van der Waals surface area contributed by atoms with E-state index in [0.29, 0.717) is 0 Å². The standard InChI is InChI=1S/C16H17N3/c1-11-6-7-13(12(2)9-11)16-14(10-17)19-8-4-3-5-15(19)18-16/h6-7,9H,3-5,8H2,1-2H3. The van der Waals surface area contributed by atoms with E-state index < -0.39 is 0 Å². The Morgan fingerprint density at radius 2 is 2.11 bits per heavy atom. The van der Waals surface area contributed by atoms with Crippen molar-refractivity contribution in [3.63, 3.8) is 0 Å². The second-order valence-corrected chi connectivity index (χ2v) is 5.26. The van der Waals surface area contributed by atoms with Gasteiger partial charge in [0.1, 0.15) is 23.3 Å². The molecule has 3 nitrogen and oxygen atoms in total. The fourth-order valence-electron chi connectivity index (χ4n) is 2.86. The van der Waals surface area contributed by atoms with Crippen molar-refractivity contribution in [1.82, 2.24) is 9.55 Å². The Kier molecular flexibility index (Phi) is 2.87. The fraction of sp³-hybridized carbons (Fsp3) is 0.375. The lowest BCUT2D eigenvalue weighted by Crippen LogP contribution is -2.11. The Hall–Kier alpha value is -2.08. The molecule has 0 radical (unpaired) electrons. The van der Waals surface area contributed by atoms with E-state index in [-0.39, 0.29) is 0 Å². The summed E-state index contributed by atoms with van der Waals surface area (Å²) in [6, 6.07) is 8.66. The maximum absolute atomic E-state index is 9.46. The summed E-state index contributed by atoms with van der Waals surface area (Å²) in [6.45, 7) is 5.10. The zero-order chi connectivity index (χ0) is 13.4. The third kappa shape index (κ3) is 1.94. The lowest BCUT2D eigenvalue weighted by molar-refractivity contribution is 0.519. The van der Waals surface area contributed by atoms with Crippen LogP contribution in [0.3, 0.4) is 0 Å². The quantitative estimate of drug-likeness (QED) is 0.779. The van der Waals surface area contributed by atoms with Crippen LogP contribution in [0.15, 0.2) is 18.2 Å². The highest BCUT2D eigenvalue weighted by molar-refractivity contribution is 5.69. The number of nitriles is 1. The van der Waals surface area contributed by atoms with Crippen molar-refractivity contribution in [2.24, 2.45) is 0 Å². The summed E-state index contributed by atoms with van der Waals surface area (Å²) in [5, 5.41) is 9.46. The van der Waals surface area contributed by atoms with Crippen LogP contribution < -0.4 is 0 Å². The zero-order valence-electron chi connectivity index (χ0n) is 11.4. The van der Waals surface area contributed by atoms with Crippen LogP contribution in [0.25, 0.3) is 11.3 Å².